The lowest BCUT2D eigenvalue weighted by atomic mass is 10.2. The summed E-state index contributed by atoms with van der Waals surface area (Å²) in [5, 5.41) is 9.75. The van der Waals surface area contributed by atoms with Gasteiger partial charge in [-0.3, -0.25) is 4.98 Å². The van der Waals surface area contributed by atoms with Crippen LogP contribution in [0.2, 0.25) is 0 Å². The predicted molar refractivity (Wildman–Crippen MR) is 57.4 cm³/mol. The Bertz CT molecular complexity index is 441. The van der Waals surface area contributed by atoms with Crippen LogP contribution in [0.25, 0.3) is 10.6 Å². The number of nitrogens with zero attached hydrogens (tertiary/aromatic N) is 3. The summed E-state index contributed by atoms with van der Waals surface area (Å²) in [4.78, 5) is 4.12. The van der Waals surface area contributed by atoms with Gasteiger partial charge in [-0.1, -0.05) is 11.3 Å². The first-order valence-electron chi connectivity index (χ1n) is 4.11. The van der Waals surface area contributed by atoms with Crippen LogP contribution < -0.4 is 0 Å². The molecule has 14 heavy (non-hydrogen) atoms. The molecule has 2 heterocycles. The fourth-order valence-corrected chi connectivity index (χ4v) is 2.01. The summed E-state index contributed by atoms with van der Waals surface area (Å²) in [7, 11) is 0. The van der Waals surface area contributed by atoms with Gasteiger partial charge < -0.3 is 0 Å². The van der Waals surface area contributed by atoms with Gasteiger partial charge in [-0.15, -0.1) is 21.8 Å². The van der Waals surface area contributed by atoms with E-state index in [4.69, 9.17) is 11.6 Å². The van der Waals surface area contributed by atoms with E-state index in [9.17, 15) is 0 Å². The lowest BCUT2D eigenvalue weighted by molar-refractivity contribution is 1.04. The first kappa shape index (κ1) is 9.55. The molecule has 0 aromatic carbocycles. The summed E-state index contributed by atoms with van der Waals surface area (Å²) in [6, 6.07) is 3.91. The molecular weight excluding hydrogens is 218 g/mol. The van der Waals surface area contributed by atoms with Crippen LogP contribution in [-0.4, -0.2) is 15.2 Å². The van der Waals surface area contributed by atoms with Crippen molar-refractivity contribution in [1.82, 2.24) is 15.2 Å². The fraction of sp³-hybridized carbons (Fsp3) is 0.222. The highest BCUT2D eigenvalue weighted by Gasteiger charge is 2.05. The van der Waals surface area contributed by atoms with Crippen molar-refractivity contribution in [3.8, 4) is 10.6 Å². The minimum atomic E-state index is 0.418. The van der Waals surface area contributed by atoms with E-state index in [-0.39, 0.29) is 0 Å². The Hall–Kier alpha value is -1.000. The molecule has 0 saturated carbocycles. The second-order valence-corrected chi connectivity index (χ2v) is 4.15. The fourth-order valence-electron chi connectivity index (χ4n) is 1.10. The molecule has 0 saturated heterocycles. The van der Waals surface area contributed by atoms with E-state index in [1.54, 1.807) is 6.20 Å². The zero-order valence-corrected chi connectivity index (χ0v) is 9.14. The molecule has 0 spiro atoms. The van der Waals surface area contributed by atoms with Crippen molar-refractivity contribution in [3.05, 3.63) is 29.0 Å². The minimum absolute atomic E-state index is 0.418. The average molecular weight is 226 g/mol. The van der Waals surface area contributed by atoms with Gasteiger partial charge in [-0.2, -0.15) is 0 Å². The zero-order chi connectivity index (χ0) is 9.97. The molecule has 5 heteroatoms. The Morgan fingerprint density at radius 3 is 2.93 bits per heavy atom. The molecule has 72 valence electrons. The van der Waals surface area contributed by atoms with Crippen molar-refractivity contribution < 1.29 is 0 Å². The number of pyridine rings is 1. The number of hydrogen-bond acceptors (Lipinski definition) is 4. The predicted octanol–water partition coefficient (Wildman–Crippen LogP) is 2.65. The van der Waals surface area contributed by atoms with Gasteiger partial charge in [-0.05, 0) is 19.1 Å². The molecule has 0 aliphatic carbocycles. The molecule has 2 rings (SSSR count). The van der Waals surface area contributed by atoms with Crippen molar-refractivity contribution in [3.63, 3.8) is 0 Å². The third-order valence-electron chi connectivity index (χ3n) is 1.72. The summed E-state index contributed by atoms with van der Waals surface area (Å²) >= 11 is 7.17. The van der Waals surface area contributed by atoms with E-state index in [1.165, 1.54) is 11.3 Å². The maximum atomic E-state index is 5.65. The van der Waals surface area contributed by atoms with Crippen LogP contribution >= 0.6 is 22.9 Å². The summed E-state index contributed by atoms with van der Waals surface area (Å²) in [5.41, 5.74) is 2.02. The number of hydrogen-bond donors (Lipinski definition) is 0. The van der Waals surface area contributed by atoms with Gasteiger partial charge in [0, 0.05) is 17.5 Å². The SMILES string of the molecule is Cc1cc(-c2nnc(CCl)s2)ccn1. The Labute approximate surface area is 90.8 Å². The molecule has 0 aliphatic heterocycles. The second-order valence-electron chi connectivity index (χ2n) is 2.82. The summed E-state index contributed by atoms with van der Waals surface area (Å²) in [6.45, 7) is 1.95. The molecule has 2 aromatic heterocycles. The molecule has 3 nitrogen and oxygen atoms in total. The highest BCUT2D eigenvalue weighted by molar-refractivity contribution is 7.14. The molecule has 0 aliphatic rings. The van der Waals surface area contributed by atoms with E-state index in [1.807, 2.05) is 19.1 Å². The number of aryl methyl sites for hydroxylation is 1. The van der Waals surface area contributed by atoms with Crippen LogP contribution in [0.1, 0.15) is 10.7 Å². The number of aromatic nitrogens is 3. The highest BCUT2D eigenvalue weighted by atomic mass is 35.5. The zero-order valence-electron chi connectivity index (χ0n) is 7.57. The number of halogens is 1. The monoisotopic (exact) mass is 225 g/mol. The molecule has 2 aromatic rings. The van der Waals surface area contributed by atoms with E-state index in [0.29, 0.717) is 5.88 Å². The van der Waals surface area contributed by atoms with Crippen molar-refractivity contribution in [1.29, 1.82) is 0 Å². The Kier molecular flexibility index (Phi) is 2.74. The van der Waals surface area contributed by atoms with Crippen LogP contribution in [0.5, 0.6) is 0 Å². The third-order valence-corrected chi connectivity index (χ3v) is 3.11. The van der Waals surface area contributed by atoms with Crippen LogP contribution in [0.4, 0.5) is 0 Å². The van der Waals surface area contributed by atoms with Gasteiger partial charge in [0.05, 0.1) is 5.88 Å². The smallest absolute Gasteiger partial charge is 0.147 e. The van der Waals surface area contributed by atoms with Crippen molar-refractivity contribution in [2.75, 3.05) is 0 Å². The minimum Gasteiger partial charge on any atom is -0.262 e. The topological polar surface area (TPSA) is 38.7 Å². The summed E-state index contributed by atoms with van der Waals surface area (Å²) in [6.07, 6.45) is 1.77. The van der Waals surface area contributed by atoms with Crippen molar-refractivity contribution >= 4 is 22.9 Å². The van der Waals surface area contributed by atoms with Crippen molar-refractivity contribution in [2.45, 2.75) is 12.8 Å². The number of alkyl halides is 1. The van der Waals surface area contributed by atoms with Crippen LogP contribution in [-0.2, 0) is 5.88 Å². The lowest BCUT2D eigenvalue weighted by Gasteiger charge is -1.95. The molecule has 0 amide bonds. The van der Waals surface area contributed by atoms with Gasteiger partial charge in [0.2, 0.25) is 0 Å². The van der Waals surface area contributed by atoms with Gasteiger partial charge in [0.15, 0.2) is 0 Å². The average Bonchev–Trinajstić information content (AvgIpc) is 2.66. The van der Waals surface area contributed by atoms with E-state index in [0.717, 1.165) is 21.3 Å². The van der Waals surface area contributed by atoms with Gasteiger partial charge >= 0.3 is 0 Å². The van der Waals surface area contributed by atoms with Gasteiger partial charge in [-0.25, -0.2) is 0 Å². The molecule has 0 atom stereocenters. The molecule has 0 bridgehead atoms. The summed E-state index contributed by atoms with van der Waals surface area (Å²) in [5.74, 6) is 0.418. The largest absolute Gasteiger partial charge is 0.262 e. The van der Waals surface area contributed by atoms with E-state index in [2.05, 4.69) is 15.2 Å². The second kappa shape index (κ2) is 4.02. The van der Waals surface area contributed by atoms with Crippen LogP contribution in [0.15, 0.2) is 18.3 Å². The maximum Gasteiger partial charge on any atom is 0.147 e. The first-order chi connectivity index (χ1) is 6.79. The van der Waals surface area contributed by atoms with Crippen molar-refractivity contribution in [2.24, 2.45) is 0 Å². The molecule has 0 fully saturated rings. The van der Waals surface area contributed by atoms with Gasteiger partial charge in [0.25, 0.3) is 0 Å². The van der Waals surface area contributed by atoms with Gasteiger partial charge in [0.1, 0.15) is 10.0 Å². The number of rotatable bonds is 2. The standard InChI is InChI=1S/C9H8ClN3S/c1-6-4-7(2-3-11-6)9-13-12-8(5-10)14-9/h2-4H,5H2,1H3. The Balaban J connectivity index is 2.39. The maximum absolute atomic E-state index is 5.65. The Morgan fingerprint density at radius 2 is 2.29 bits per heavy atom. The molecule has 0 radical (unpaired) electrons. The van der Waals surface area contributed by atoms with E-state index < -0.39 is 0 Å². The highest BCUT2D eigenvalue weighted by Crippen LogP contribution is 2.23. The normalized spacial score (nSPS) is 10.4. The Morgan fingerprint density at radius 1 is 1.43 bits per heavy atom. The molecule has 0 unspecified atom stereocenters. The lowest BCUT2D eigenvalue weighted by Crippen LogP contribution is -1.82. The third kappa shape index (κ3) is 1.91. The quantitative estimate of drug-likeness (QED) is 0.738. The molecule has 0 N–H and O–H groups in total. The first-order valence-corrected chi connectivity index (χ1v) is 5.46. The molecular formula is C9H8ClN3S. The summed E-state index contributed by atoms with van der Waals surface area (Å²) < 4.78 is 0. The van der Waals surface area contributed by atoms with Crippen LogP contribution in [0, 0.1) is 6.92 Å². The van der Waals surface area contributed by atoms with E-state index >= 15 is 0 Å². The van der Waals surface area contributed by atoms with Crippen LogP contribution in [0.3, 0.4) is 0 Å².